The van der Waals surface area contributed by atoms with E-state index < -0.39 is 0 Å². The number of pyridine rings is 1. The van der Waals surface area contributed by atoms with Crippen molar-refractivity contribution in [2.45, 2.75) is 0 Å². The molecule has 0 aliphatic carbocycles. The van der Waals surface area contributed by atoms with Crippen LogP contribution in [0.25, 0.3) is 0 Å². The second-order valence-corrected chi connectivity index (χ2v) is 2.75. The molecule has 4 heteroatoms. The van der Waals surface area contributed by atoms with Gasteiger partial charge in [0.15, 0.2) is 0 Å². The van der Waals surface area contributed by atoms with E-state index in [1.165, 1.54) is 12.3 Å². The monoisotopic (exact) mass is 196 g/mol. The molecule has 0 aliphatic heterocycles. The first-order valence-electron chi connectivity index (χ1n) is 3.74. The molecule has 1 N–H and O–H groups in total. The summed E-state index contributed by atoms with van der Waals surface area (Å²) in [4.78, 5) is 15.1. The Morgan fingerprint density at radius 3 is 3.15 bits per heavy atom. The van der Waals surface area contributed by atoms with Gasteiger partial charge < -0.3 is 5.32 Å². The van der Waals surface area contributed by atoms with Crippen molar-refractivity contribution in [3.63, 3.8) is 0 Å². The fraction of sp³-hybridized carbons (Fsp3) is 0.111. The minimum absolute atomic E-state index is 0.177. The van der Waals surface area contributed by atoms with Crippen molar-refractivity contribution in [3.8, 4) is 0 Å². The van der Waals surface area contributed by atoms with Gasteiger partial charge in [-0.2, -0.15) is 0 Å². The van der Waals surface area contributed by atoms with Gasteiger partial charge in [-0.3, -0.25) is 4.79 Å². The zero-order valence-corrected chi connectivity index (χ0v) is 7.71. The highest BCUT2D eigenvalue weighted by Gasteiger charge is 2.03. The highest BCUT2D eigenvalue weighted by Crippen LogP contribution is 2.06. The van der Waals surface area contributed by atoms with Crippen LogP contribution in [0.15, 0.2) is 31.0 Å². The minimum Gasteiger partial charge on any atom is -0.349 e. The van der Waals surface area contributed by atoms with Crippen LogP contribution in [0.5, 0.6) is 0 Å². The summed E-state index contributed by atoms with van der Waals surface area (Å²) in [5, 5.41) is 2.94. The fourth-order valence-corrected chi connectivity index (χ4v) is 0.985. The van der Waals surface area contributed by atoms with E-state index in [2.05, 4.69) is 16.9 Å². The van der Waals surface area contributed by atoms with Crippen molar-refractivity contribution in [1.29, 1.82) is 0 Å². The molecule has 0 spiro atoms. The molecule has 1 rings (SSSR count). The number of rotatable bonds is 3. The smallest absolute Gasteiger partial charge is 0.251 e. The van der Waals surface area contributed by atoms with Gasteiger partial charge in [0.2, 0.25) is 0 Å². The molecule has 68 valence electrons. The Kier molecular flexibility index (Phi) is 3.46. The van der Waals surface area contributed by atoms with E-state index >= 15 is 0 Å². The second-order valence-electron chi connectivity index (χ2n) is 2.37. The third kappa shape index (κ3) is 2.87. The van der Waals surface area contributed by atoms with Crippen LogP contribution in [0.3, 0.4) is 0 Å². The number of nitrogens with zero attached hydrogens (tertiary/aromatic N) is 1. The minimum atomic E-state index is -0.177. The molecule has 0 aliphatic rings. The first-order valence-corrected chi connectivity index (χ1v) is 4.12. The molecular formula is C9H9ClN2O. The Morgan fingerprint density at radius 2 is 2.54 bits per heavy atom. The van der Waals surface area contributed by atoms with E-state index in [1.807, 2.05) is 0 Å². The summed E-state index contributed by atoms with van der Waals surface area (Å²) < 4.78 is 0. The van der Waals surface area contributed by atoms with Crippen molar-refractivity contribution >= 4 is 17.5 Å². The number of halogens is 1. The van der Waals surface area contributed by atoms with Crippen LogP contribution < -0.4 is 5.32 Å². The predicted molar refractivity (Wildman–Crippen MR) is 51.8 cm³/mol. The lowest BCUT2D eigenvalue weighted by molar-refractivity contribution is 0.0958. The molecule has 0 saturated carbocycles. The van der Waals surface area contributed by atoms with Gasteiger partial charge in [-0.05, 0) is 12.1 Å². The molecule has 1 heterocycles. The molecular weight excluding hydrogens is 188 g/mol. The van der Waals surface area contributed by atoms with Crippen molar-refractivity contribution < 1.29 is 4.79 Å². The van der Waals surface area contributed by atoms with Crippen LogP contribution >= 0.6 is 11.6 Å². The van der Waals surface area contributed by atoms with Crippen molar-refractivity contribution in [3.05, 3.63) is 41.7 Å². The lowest BCUT2D eigenvalue weighted by Crippen LogP contribution is -2.23. The van der Waals surface area contributed by atoms with Gasteiger partial charge >= 0.3 is 0 Å². The number of aromatic nitrogens is 1. The average Bonchev–Trinajstić information content (AvgIpc) is 2.14. The summed E-state index contributed by atoms with van der Waals surface area (Å²) in [5.41, 5.74) is 0.502. The Balaban J connectivity index is 2.71. The van der Waals surface area contributed by atoms with Gasteiger partial charge in [0.05, 0.1) is 0 Å². The van der Waals surface area contributed by atoms with E-state index in [0.29, 0.717) is 17.3 Å². The SMILES string of the molecule is C=CCNC(=O)c1ccnc(Cl)c1. The summed E-state index contributed by atoms with van der Waals surface area (Å²) in [6.07, 6.45) is 3.10. The Labute approximate surface area is 81.4 Å². The second kappa shape index (κ2) is 4.62. The maximum atomic E-state index is 11.3. The van der Waals surface area contributed by atoms with Crippen LogP contribution in [0.2, 0.25) is 5.15 Å². The lowest BCUT2D eigenvalue weighted by atomic mass is 10.2. The van der Waals surface area contributed by atoms with Crippen LogP contribution in [-0.4, -0.2) is 17.4 Å². The van der Waals surface area contributed by atoms with Gasteiger partial charge in [-0.15, -0.1) is 6.58 Å². The van der Waals surface area contributed by atoms with E-state index in [4.69, 9.17) is 11.6 Å². The molecule has 3 nitrogen and oxygen atoms in total. The van der Waals surface area contributed by atoms with Crippen molar-refractivity contribution in [2.75, 3.05) is 6.54 Å². The van der Waals surface area contributed by atoms with Crippen LogP contribution in [0.1, 0.15) is 10.4 Å². The first kappa shape index (κ1) is 9.74. The number of hydrogen-bond donors (Lipinski definition) is 1. The number of hydrogen-bond acceptors (Lipinski definition) is 2. The highest BCUT2D eigenvalue weighted by molar-refractivity contribution is 6.29. The zero-order valence-electron chi connectivity index (χ0n) is 6.96. The molecule has 1 aromatic heterocycles. The van der Waals surface area contributed by atoms with Gasteiger partial charge in [0.25, 0.3) is 5.91 Å². The molecule has 1 aromatic rings. The van der Waals surface area contributed by atoms with Crippen molar-refractivity contribution in [1.82, 2.24) is 10.3 Å². The summed E-state index contributed by atoms with van der Waals surface area (Å²) in [5.74, 6) is -0.177. The lowest BCUT2D eigenvalue weighted by Gasteiger charge is -2.01. The molecule has 0 bridgehead atoms. The summed E-state index contributed by atoms with van der Waals surface area (Å²) in [6, 6.07) is 3.12. The maximum Gasteiger partial charge on any atom is 0.251 e. The van der Waals surface area contributed by atoms with Gasteiger partial charge in [-0.1, -0.05) is 17.7 Å². The van der Waals surface area contributed by atoms with Crippen molar-refractivity contribution in [2.24, 2.45) is 0 Å². The molecule has 0 aromatic carbocycles. The van der Waals surface area contributed by atoms with Crippen LogP contribution in [0.4, 0.5) is 0 Å². The first-order chi connectivity index (χ1) is 6.24. The topological polar surface area (TPSA) is 42.0 Å². The molecule has 0 saturated heterocycles. The molecule has 13 heavy (non-hydrogen) atoms. The van der Waals surface area contributed by atoms with E-state index in [9.17, 15) is 4.79 Å². The average molecular weight is 197 g/mol. The summed E-state index contributed by atoms with van der Waals surface area (Å²) in [6.45, 7) is 3.93. The third-order valence-electron chi connectivity index (χ3n) is 1.40. The Hall–Kier alpha value is -1.35. The van der Waals surface area contributed by atoms with E-state index in [-0.39, 0.29) is 5.91 Å². The number of nitrogens with one attached hydrogen (secondary N) is 1. The summed E-state index contributed by atoms with van der Waals surface area (Å²) in [7, 11) is 0. The van der Waals surface area contributed by atoms with Crippen LogP contribution in [-0.2, 0) is 0 Å². The molecule has 0 atom stereocenters. The Bertz CT molecular complexity index is 325. The molecule has 1 amide bonds. The zero-order chi connectivity index (χ0) is 9.68. The normalized spacial score (nSPS) is 9.31. The summed E-state index contributed by atoms with van der Waals surface area (Å²) >= 11 is 5.61. The highest BCUT2D eigenvalue weighted by atomic mass is 35.5. The van der Waals surface area contributed by atoms with Gasteiger partial charge in [0, 0.05) is 18.3 Å². The van der Waals surface area contributed by atoms with E-state index in [0.717, 1.165) is 0 Å². The molecule has 0 unspecified atom stereocenters. The standard InChI is InChI=1S/C9H9ClN2O/c1-2-4-12-9(13)7-3-5-11-8(10)6-7/h2-3,5-6H,1,4H2,(H,12,13). The maximum absolute atomic E-state index is 11.3. The van der Waals surface area contributed by atoms with Gasteiger partial charge in [-0.25, -0.2) is 4.98 Å². The Morgan fingerprint density at radius 1 is 1.77 bits per heavy atom. The van der Waals surface area contributed by atoms with E-state index in [1.54, 1.807) is 12.1 Å². The van der Waals surface area contributed by atoms with Crippen LogP contribution in [0, 0.1) is 0 Å². The number of carbonyl (C=O) groups excluding carboxylic acids is 1. The fourth-order valence-electron chi connectivity index (χ4n) is 0.811. The number of amides is 1. The molecule has 0 fully saturated rings. The third-order valence-corrected chi connectivity index (χ3v) is 1.60. The largest absolute Gasteiger partial charge is 0.349 e. The number of carbonyl (C=O) groups is 1. The van der Waals surface area contributed by atoms with Gasteiger partial charge in [0.1, 0.15) is 5.15 Å². The quantitative estimate of drug-likeness (QED) is 0.590. The predicted octanol–water partition coefficient (Wildman–Crippen LogP) is 1.65. The molecule has 0 radical (unpaired) electrons.